The Morgan fingerprint density at radius 1 is 1.10 bits per heavy atom. The number of benzene rings is 1. The van der Waals surface area contributed by atoms with Crippen LogP contribution in [0.5, 0.6) is 0 Å². The van der Waals surface area contributed by atoms with E-state index in [4.69, 9.17) is 18.9 Å². The number of ether oxygens (including phenoxy) is 4. The van der Waals surface area contributed by atoms with E-state index in [0.29, 0.717) is 12.0 Å². The second kappa shape index (κ2) is 7.19. The maximum absolute atomic E-state index is 12.3. The number of cyclic esters (lactones) is 2. The monoisotopic (exact) mass is 416 g/mol. The van der Waals surface area contributed by atoms with Gasteiger partial charge < -0.3 is 18.9 Å². The molecule has 1 aromatic rings. The molecule has 4 rings (SSSR count). The molecule has 8 heteroatoms. The van der Waals surface area contributed by atoms with Gasteiger partial charge in [-0.05, 0) is 39.3 Å². The van der Waals surface area contributed by atoms with Crippen LogP contribution < -0.4 is 0 Å². The first-order chi connectivity index (χ1) is 14.1. The van der Waals surface area contributed by atoms with Crippen LogP contribution in [0.2, 0.25) is 0 Å². The van der Waals surface area contributed by atoms with E-state index in [1.54, 1.807) is 51.1 Å². The number of carbonyl (C=O) groups excluding carboxylic acids is 4. The Morgan fingerprint density at radius 2 is 1.80 bits per heavy atom. The first kappa shape index (κ1) is 20.5. The fraction of sp³-hybridized carbons (Fsp3) is 0.545. The molecule has 0 N–H and O–H groups in total. The molecule has 5 atom stereocenters. The first-order valence-corrected chi connectivity index (χ1v) is 9.95. The van der Waals surface area contributed by atoms with Crippen LogP contribution in [0.3, 0.4) is 0 Å². The van der Waals surface area contributed by atoms with Crippen molar-refractivity contribution in [1.29, 1.82) is 0 Å². The second-order valence-corrected chi connectivity index (χ2v) is 9.15. The van der Waals surface area contributed by atoms with Crippen LogP contribution >= 0.6 is 0 Å². The molecule has 0 saturated carbocycles. The van der Waals surface area contributed by atoms with Gasteiger partial charge in [0.25, 0.3) is 0 Å². The van der Waals surface area contributed by atoms with Gasteiger partial charge in [0.05, 0.1) is 23.7 Å². The Morgan fingerprint density at radius 3 is 2.47 bits per heavy atom. The van der Waals surface area contributed by atoms with Crippen molar-refractivity contribution >= 4 is 23.9 Å². The van der Waals surface area contributed by atoms with Gasteiger partial charge in [0.1, 0.15) is 24.0 Å². The molecule has 3 aliphatic rings. The van der Waals surface area contributed by atoms with Gasteiger partial charge in [-0.1, -0.05) is 18.2 Å². The zero-order chi connectivity index (χ0) is 21.7. The quantitative estimate of drug-likeness (QED) is 0.407. The van der Waals surface area contributed by atoms with Crippen molar-refractivity contribution in [3.8, 4) is 0 Å². The molecule has 0 radical (unpaired) electrons. The van der Waals surface area contributed by atoms with Crippen molar-refractivity contribution in [1.82, 2.24) is 0 Å². The smallest absolute Gasteiger partial charge is 0.338 e. The van der Waals surface area contributed by atoms with E-state index in [0.717, 1.165) is 0 Å². The van der Waals surface area contributed by atoms with Gasteiger partial charge in [0.15, 0.2) is 0 Å². The molecule has 2 bridgehead atoms. The van der Waals surface area contributed by atoms with Gasteiger partial charge >= 0.3 is 23.9 Å². The molecule has 3 aliphatic heterocycles. The van der Waals surface area contributed by atoms with Crippen LogP contribution in [-0.4, -0.2) is 48.8 Å². The van der Waals surface area contributed by atoms with Crippen LogP contribution in [-0.2, 0) is 33.3 Å². The summed E-state index contributed by atoms with van der Waals surface area (Å²) in [7, 11) is 0. The maximum atomic E-state index is 12.3. The summed E-state index contributed by atoms with van der Waals surface area (Å²) in [6, 6.07) is 8.57. The molecule has 8 nitrogen and oxygen atoms in total. The Balaban J connectivity index is 1.49. The average Bonchev–Trinajstić information content (AvgIpc) is 3.33. The third-order valence-corrected chi connectivity index (χ3v) is 5.95. The highest BCUT2D eigenvalue weighted by molar-refractivity contribution is 5.98. The lowest BCUT2D eigenvalue weighted by molar-refractivity contribution is -0.169. The molecular formula is C22H24O8. The standard InChI is InChI=1S/C22H24O8/c1-21(2,3)20(26)28-11-22-9-13(10-27-17(23)12-7-5-4-6-8-12)16(30-22)14-15(22)19(25)29-18(14)24/h4-8,13-16H,9-11H2,1-3H3/t13-,14+,15+,16-,22-/m1/s1. The van der Waals surface area contributed by atoms with Crippen molar-refractivity contribution in [3.05, 3.63) is 35.9 Å². The third-order valence-electron chi connectivity index (χ3n) is 5.95. The molecule has 1 aromatic carbocycles. The molecule has 0 aromatic heterocycles. The second-order valence-electron chi connectivity index (χ2n) is 9.15. The van der Waals surface area contributed by atoms with Gasteiger partial charge in [-0.2, -0.15) is 0 Å². The highest BCUT2D eigenvalue weighted by Gasteiger charge is 2.72. The van der Waals surface area contributed by atoms with Crippen molar-refractivity contribution in [2.75, 3.05) is 13.2 Å². The van der Waals surface area contributed by atoms with E-state index in [1.165, 1.54) is 0 Å². The molecule has 3 fully saturated rings. The summed E-state index contributed by atoms with van der Waals surface area (Å²) in [4.78, 5) is 49.1. The van der Waals surface area contributed by atoms with Gasteiger partial charge in [0.2, 0.25) is 0 Å². The number of rotatable bonds is 5. The van der Waals surface area contributed by atoms with Gasteiger partial charge in [-0.15, -0.1) is 0 Å². The highest BCUT2D eigenvalue weighted by atomic mass is 16.6. The third kappa shape index (κ3) is 3.39. The van der Waals surface area contributed by atoms with Crippen LogP contribution in [0.4, 0.5) is 0 Å². The minimum absolute atomic E-state index is 0.0258. The molecule has 0 unspecified atom stereocenters. The molecular weight excluding hydrogens is 392 g/mol. The number of hydrogen-bond acceptors (Lipinski definition) is 8. The first-order valence-electron chi connectivity index (χ1n) is 9.95. The summed E-state index contributed by atoms with van der Waals surface area (Å²) < 4.78 is 21.8. The topological polar surface area (TPSA) is 105 Å². The largest absolute Gasteiger partial charge is 0.462 e. The van der Waals surface area contributed by atoms with Gasteiger partial charge in [-0.25, -0.2) is 4.79 Å². The zero-order valence-electron chi connectivity index (χ0n) is 17.1. The maximum Gasteiger partial charge on any atom is 0.338 e. The average molecular weight is 416 g/mol. The Kier molecular flexibility index (Phi) is 4.92. The summed E-state index contributed by atoms with van der Waals surface area (Å²) in [6.45, 7) is 5.04. The minimum atomic E-state index is -1.15. The number of carbonyl (C=O) groups is 4. The van der Waals surface area contributed by atoms with E-state index in [2.05, 4.69) is 0 Å². The van der Waals surface area contributed by atoms with E-state index in [-0.39, 0.29) is 19.1 Å². The van der Waals surface area contributed by atoms with Crippen LogP contribution in [0.1, 0.15) is 37.6 Å². The summed E-state index contributed by atoms with van der Waals surface area (Å²) in [5, 5.41) is 0. The predicted molar refractivity (Wildman–Crippen MR) is 101 cm³/mol. The van der Waals surface area contributed by atoms with E-state index in [9.17, 15) is 19.2 Å². The molecule has 3 heterocycles. The number of hydrogen-bond donors (Lipinski definition) is 0. The predicted octanol–water partition coefficient (Wildman–Crippen LogP) is 1.91. The van der Waals surface area contributed by atoms with Gasteiger partial charge in [-0.3, -0.25) is 14.4 Å². The molecule has 3 saturated heterocycles. The van der Waals surface area contributed by atoms with Crippen LogP contribution in [0.25, 0.3) is 0 Å². The minimum Gasteiger partial charge on any atom is -0.462 e. The molecule has 0 amide bonds. The normalized spacial score (nSPS) is 32.0. The molecule has 0 spiro atoms. The lowest BCUT2D eigenvalue weighted by atomic mass is 9.69. The van der Waals surface area contributed by atoms with E-state index in [1.807, 2.05) is 0 Å². The zero-order valence-corrected chi connectivity index (χ0v) is 17.1. The molecule has 0 aliphatic carbocycles. The summed E-state index contributed by atoms with van der Waals surface area (Å²) in [5.41, 5.74) is -1.45. The number of esters is 4. The van der Waals surface area contributed by atoms with E-state index >= 15 is 0 Å². The van der Waals surface area contributed by atoms with E-state index < -0.39 is 52.8 Å². The Bertz CT molecular complexity index is 886. The van der Waals surface area contributed by atoms with Crippen LogP contribution in [0.15, 0.2) is 30.3 Å². The number of fused-ring (bicyclic) bond motifs is 5. The molecule has 30 heavy (non-hydrogen) atoms. The lowest BCUT2D eigenvalue weighted by Crippen LogP contribution is -2.47. The van der Waals surface area contributed by atoms with Crippen LogP contribution in [0, 0.1) is 23.2 Å². The van der Waals surface area contributed by atoms with Crippen molar-refractivity contribution < 1.29 is 38.1 Å². The Labute approximate surface area is 173 Å². The van der Waals surface area contributed by atoms with Crippen molar-refractivity contribution in [2.45, 2.75) is 38.9 Å². The fourth-order valence-electron chi connectivity index (χ4n) is 4.50. The summed E-state index contributed by atoms with van der Waals surface area (Å²) in [6.07, 6.45) is -0.313. The summed E-state index contributed by atoms with van der Waals surface area (Å²) in [5.74, 6) is -4.11. The Hall–Kier alpha value is -2.74. The van der Waals surface area contributed by atoms with Crippen molar-refractivity contribution in [3.63, 3.8) is 0 Å². The van der Waals surface area contributed by atoms with Gasteiger partial charge in [0, 0.05) is 5.92 Å². The fourth-order valence-corrected chi connectivity index (χ4v) is 4.50. The molecule has 160 valence electrons. The highest BCUT2D eigenvalue weighted by Crippen LogP contribution is 2.57. The lowest BCUT2D eigenvalue weighted by Gasteiger charge is -2.32. The SMILES string of the molecule is CC(C)(C)C(=O)OC[C@@]12C[C@H](COC(=O)c3ccccc3)[C@@H](O1)[C@H]1C(=O)OC(=O)[C@H]12. The summed E-state index contributed by atoms with van der Waals surface area (Å²) >= 11 is 0. The van der Waals surface area contributed by atoms with Crippen molar-refractivity contribution in [2.24, 2.45) is 23.2 Å².